The minimum atomic E-state index is -4.53. The van der Waals surface area contributed by atoms with Crippen LogP contribution in [0.15, 0.2) is 116 Å². The van der Waals surface area contributed by atoms with Crippen LogP contribution < -0.4 is 5.32 Å². The zero-order valence-electron chi connectivity index (χ0n) is 21.8. The summed E-state index contributed by atoms with van der Waals surface area (Å²) in [6.07, 6.45) is -0.674. The van der Waals surface area contributed by atoms with Crippen molar-refractivity contribution in [2.24, 2.45) is 0 Å². The predicted octanol–water partition coefficient (Wildman–Crippen LogP) is 9.26. The Morgan fingerprint density at radius 3 is 2.37 bits per heavy atom. The van der Waals surface area contributed by atoms with Gasteiger partial charge in [0.15, 0.2) is 0 Å². The van der Waals surface area contributed by atoms with Crippen LogP contribution in [-0.2, 0) is 19.1 Å². The number of pyridine rings is 1. The quantitative estimate of drug-likeness (QED) is 0.194. The summed E-state index contributed by atoms with van der Waals surface area (Å²) < 4.78 is 56.4. The Labute approximate surface area is 234 Å². The fourth-order valence-corrected chi connectivity index (χ4v) is 5.15. The highest BCUT2D eigenvalue weighted by molar-refractivity contribution is 5.98. The molecule has 0 spiro atoms. The second-order valence-electron chi connectivity index (χ2n) is 9.84. The standard InChI is InChI=1S/C34H25F4N3/c35-30-15-14-23(31-13-6-16-39-31)18-25(30)20-40-27-10-4-9-24(19-27)32-26(17-22-7-2-1-3-8-22)21-41-33-28(32)11-5-12-29(33)34(36,37)38/h1-16,18-19,21,39-40H,17,20H2. The predicted molar refractivity (Wildman–Crippen MR) is 155 cm³/mol. The summed E-state index contributed by atoms with van der Waals surface area (Å²) >= 11 is 0. The van der Waals surface area contributed by atoms with Crippen LogP contribution in [0.1, 0.15) is 22.3 Å². The molecule has 6 aromatic rings. The largest absolute Gasteiger partial charge is 0.418 e. The van der Waals surface area contributed by atoms with Crippen molar-refractivity contribution in [2.75, 3.05) is 5.32 Å². The molecule has 0 aliphatic carbocycles. The van der Waals surface area contributed by atoms with E-state index in [4.69, 9.17) is 0 Å². The molecule has 0 fully saturated rings. The van der Waals surface area contributed by atoms with Gasteiger partial charge in [-0.1, -0.05) is 54.6 Å². The third-order valence-corrected chi connectivity index (χ3v) is 7.11. The van der Waals surface area contributed by atoms with Crippen LogP contribution >= 0.6 is 0 Å². The highest BCUT2D eigenvalue weighted by atomic mass is 19.4. The number of benzene rings is 4. The zero-order valence-corrected chi connectivity index (χ0v) is 21.8. The molecule has 41 heavy (non-hydrogen) atoms. The SMILES string of the molecule is Fc1ccc(-c2ccc[nH]2)cc1CNc1cccc(-c2c(Cc3ccccc3)cnc3c(C(F)(F)F)cccc23)c1. The van der Waals surface area contributed by atoms with Crippen LogP contribution in [0.2, 0.25) is 0 Å². The molecule has 6 rings (SSSR count). The normalized spacial score (nSPS) is 11.6. The fraction of sp³-hybridized carbons (Fsp3) is 0.0882. The number of para-hydroxylation sites is 1. The van der Waals surface area contributed by atoms with E-state index in [0.29, 0.717) is 22.9 Å². The summed E-state index contributed by atoms with van der Waals surface area (Å²) in [5.41, 5.74) is 5.38. The van der Waals surface area contributed by atoms with Gasteiger partial charge in [-0.05, 0) is 82.8 Å². The Morgan fingerprint density at radius 2 is 1.59 bits per heavy atom. The molecule has 2 N–H and O–H groups in total. The van der Waals surface area contributed by atoms with Crippen LogP contribution in [0.4, 0.5) is 23.2 Å². The molecule has 0 saturated heterocycles. The zero-order chi connectivity index (χ0) is 28.4. The Morgan fingerprint density at radius 1 is 0.756 bits per heavy atom. The summed E-state index contributed by atoms with van der Waals surface area (Å²) in [6.45, 7) is 0.232. The molecule has 204 valence electrons. The van der Waals surface area contributed by atoms with Gasteiger partial charge in [0.1, 0.15) is 5.82 Å². The van der Waals surface area contributed by atoms with Gasteiger partial charge in [0.2, 0.25) is 0 Å². The Bertz CT molecular complexity index is 1810. The van der Waals surface area contributed by atoms with Gasteiger partial charge in [-0.25, -0.2) is 4.39 Å². The number of hydrogen-bond acceptors (Lipinski definition) is 2. The third-order valence-electron chi connectivity index (χ3n) is 7.11. The van der Waals surface area contributed by atoms with Crippen LogP contribution in [0.25, 0.3) is 33.3 Å². The van der Waals surface area contributed by atoms with E-state index < -0.39 is 11.7 Å². The molecule has 4 aromatic carbocycles. The second-order valence-corrected chi connectivity index (χ2v) is 9.84. The number of halogens is 4. The van der Waals surface area contributed by atoms with Gasteiger partial charge in [-0.2, -0.15) is 13.2 Å². The van der Waals surface area contributed by atoms with Crippen LogP contribution in [0.3, 0.4) is 0 Å². The van der Waals surface area contributed by atoms with E-state index in [2.05, 4.69) is 15.3 Å². The lowest BCUT2D eigenvalue weighted by molar-refractivity contribution is -0.136. The van der Waals surface area contributed by atoms with E-state index in [1.807, 2.05) is 72.9 Å². The molecule has 0 bridgehead atoms. The summed E-state index contributed by atoms with van der Waals surface area (Å²) in [5.74, 6) is -0.325. The van der Waals surface area contributed by atoms with Gasteiger partial charge in [0.05, 0.1) is 11.1 Å². The van der Waals surface area contributed by atoms with E-state index in [1.165, 1.54) is 12.1 Å². The molecular formula is C34H25F4N3. The summed E-state index contributed by atoms with van der Waals surface area (Å²) in [4.78, 5) is 7.42. The van der Waals surface area contributed by atoms with Crippen molar-refractivity contribution in [1.29, 1.82) is 0 Å². The topological polar surface area (TPSA) is 40.7 Å². The number of fused-ring (bicyclic) bond motifs is 1. The number of aromatic amines is 1. The molecule has 0 atom stereocenters. The van der Waals surface area contributed by atoms with Crippen molar-refractivity contribution >= 4 is 16.6 Å². The van der Waals surface area contributed by atoms with E-state index in [1.54, 1.807) is 24.4 Å². The van der Waals surface area contributed by atoms with Crippen molar-refractivity contribution in [1.82, 2.24) is 9.97 Å². The first kappa shape index (κ1) is 26.3. The van der Waals surface area contributed by atoms with Crippen LogP contribution in [0.5, 0.6) is 0 Å². The summed E-state index contributed by atoms with van der Waals surface area (Å²) in [5, 5.41) is 3.72. The van der Waals surface area contributed by atoms with Crippen molar-refractivity contribution in [3.63, 3.8) is 0 Å². The van der Waals surface area contributed by atoms with Gasteiger partial charge < -0.3 is 10.3 Å². The Kier molecular flexibility index (Phi) is 7.01. The molecule has 0 saturated carbocycles. The lowest BCUT2D eigenvalue weighted by atomic mass is 9.91. The molecule has 3 nitrogen and oxygen atoms in total. The van der Waals surface area contributed by atoms with E-state index in [0.717, 1.165) is 39.7 Å². The smallest absolute Gasteiger partial charge is 0.381 e. The van der Waals surface area contributed by atoms with Gasteiger partial charge >= 0.3 is 6.18 Å². The minimum Gasteiger partial charge on any atom is -0.381 e. The highest BCUT2D eigenvalue weighted by Crippen LogP contribution is 2.39. The Balaban J connectivity index is 1.39. The lowest BCUT2D eigenvalue weighted by Gasteiger charge is -2.17. The Hall–Kier alpha value is -4.91. The van der Waals surface area contributed by atoms with E-state index in [-0.39, 0.29) is 17.9 Å². The monoisotopic (exact) mass is 551 g/mol. The average molecular weight is 552 g/mol. The molecule has 0 aliphatic heterocycles. The number of hydrogen-bond donors (Lipinski definition) is 2. The number of H-pyrrole nitrogens is 1. The van der Waals surface area contributed by atoms with Crippen molar-refractivity contribution in [2.45, 2.75) is 19.1 Å². The average Bonchev–Trinajstić information content (AvgIpc) is 3.52. The molecule has 7 heteroatoms. The number of nitrogens with zero attached hydrogens (tertiary/aromatic N) is 1. The second kappa shape index (κ2) is 10.9. The van der Waals surface area contributed by atoms with Crippen LogP contribution in [-0.4, -0.2) is 9.97 Å². The number of aromatic nitrogens is 2. The fourth-order valence-electron chi connectivity index (χ4n) is 5.15. The van der Waals surface area contributed by atoms with Gasteiger partial charge in [0.25, 0.3) is 0 Å². The first-order valence-corrected chi connectivity index (χ1v) is 13.1. The minimum absolute atomic E-state index is 0.0895. The maximum absolute atomic E-state index is 14.7. The molecular weight excluding hydrogens is 526 g/mol. The first-order valence-electron chi connectivity index (χ1n) is 13.1. The number of alkyl halides is 3. The van der Waals surface area contributed by atoms with Crippen molar-refractivity contribution in [3.8, 4) is 22.4 Å². The number of rotatable bonds is 7. The first-order chi connectivity index (χ1) is 19.9. The van der Waals surface area contributed by atoms with Gasteiger partial charge in [0, 0.05) is 41.3 Å². The van der Waals surface area contributed by atoms with Gasteiger partial charge in [-0.15, -0.1) is 0 Å². The van der Waals surface area contributed by atoms with E-state index in [9.17, 15) is 17.6 Å². The summed E-state index contributed by atoms with van der Waals surface area (Å²) in [6, 6.07) is 30.1. The summed E-state index contributed by atoms with van der Waals surface area (Å²) in [7, 11) is 0. The highest BCUT2D eigenvalue weighted by Gasteiger charge is 2.33. The maximum Gasteiger partial charge on any atom is 0.418 e. The molecule has 0 aliphatic rings. The van der Waals surface area contributed by atoms with Gasteiger partial charge in [-0.3, -0.25) is 4.98 Å². The lowest BCUT2D eigenvalue weighted by Crippen LogP contribution is -2.07. The van der Waals surface area contributed by atoms with Crippen molar-refractivity contribution in [3.05, 3.63) is 144 Å². The van der Waals surface area contributed by atoms with E-state index >= 15 is 0 Å². The third kappa shape index (κ3) is 5.57. The number of nitrogens with one attached hydrogen (secondary N) is 2. The molecule has 0 radical (unpaired) electrons. The molecule has 0 amide bonds. The molecule has 2 heterocycles. The number of anilines is 1. The molecule has 2 aromatic heterocycles. The maximum atomic E-state index is 14.7. The van der Waals surface area contributed by atoms with Crippen molar-refractivity contribution < 1.29 is 17.6 Å². The van der Waals surface area contributed by atoms with Crippen LogP contribution in [0, 0.1) is 5.82 Å². The molecule has 0 unspecified atom stereocenters.